The van der Waals surface area contributed by atoms with Crippen molar-refractivity contribution >= 4 is 5.69 Å². The smallest absolute Gasteiger partial charge is 0.119 e. The van der Waals surface area contributed by atoms with E-state index in [1.165, 1.54) is 11.3 Å². The summed E-state index contributed by atoms with van der Waals surface area (Å²) in [6, 6.07) is 18.9. The first kappa shape index (κ1) is 17.4. The Morgan fingerprint density at radius 2 is 1.70 bits per heavy atom. The molecule has 0 saturated heterocycles. The van der Waals surface area contributed by atoms with Crippen LogP contribution in [0.1, 0.15) is 26.3 Å². The van der Waals surface area contributed by atoms with E-state index < -0.39 is 0 Å². The molecule has 2 rings (SSSR count). The largest absolute Gasteiger partial charge is 0.491 e. The Morgan fingerprint density at radius 1 is 1.00 bits per heavy atom. The first-order valence-corrected chi connectivity index (χ1v) is 8.45. The first-order valence-electron chi connectivity index (χ1n) is 8.45. The molecule has 2 aromatic rings. The molecule has 1 N–H and O–H groups in total. The molecule has 0 spiro atoms. The number of hydrogen-bond donors (Lipinski definition) is 1. The molecule has 0 unspecified atom stereocenters. The molecule has 0 aliphatic carbocycles. The molecule has 0 radical (unpaired) electrons. The van der Waals surface area contributed by atoms with Crippen LogP contribution in [0.3, 0.4) is 0 Å². The van der Waals surface area contributed by atoms with E-state index in [2.05, 4.69) is 59.6 Å². The maximum Gasteiger partial charge on any atom is 0.119 e. The predicted molar refractivity (Wildman–Crippen MR) is 98.2 cm³/mol. The van der Waals surface area contributed by atoms with E-state index in [4.69, 9.17) is 4.74 Å². The third-order valence-electron chi connectivity index (χ3n) is 3.69. The molecule has 0 aliphatic rings. The molecule has 23 heavy (non-hydrogen) atoms. The topological polar surface area (TPSA) is 24.5 Å². The van der Waals surface area contributed by atoms with Gasteiger partial charge in [0.05, 0.1) is 6.10 Å². The van der Waals surface area contributed by atoms with Gasteiger partial charge >= 0.3 is 0 Å². The number of nitrogens with one attached hydrogen (secondary N) is 1. The van der Waals surface area contributed by atoms with E-state index in [0.717, 1.165) is 31.9 Å². The number of nitrogens with zero attached hydrogens (tertiary/aromatic N) is 1. The molecule has 0 aliphatic heterocycles. The average Bonchev–Trinajstić information content (AvgIpc) is 2.57. The molecule has 0 aromatic heterocycles. The number of anilines is 1. The lowest BCUT2D eigenvalue weighted by molar-refractivity contribution is 0.242. The van der Waals surface area contributed by atoms with Gasteiger partial charge < -0.3 is 15.0 Å². The van der Waals surface area contributed by atoms with Crippen LogP contribution in [0.15, 0.2) is 54.6 Å². The predicted octanol–water partition coefficient (Wildman–Crippen LogP) is 4.09. The van der Waals surface area contributed by atoms with Gasteiger partial charge in [0.2, 0.25) is 0 Å². The molecule has 3 nitrogen and oxygen atoms in total. The molecule has 0 saturated carbocycles. The summed E-state index contributed by atoms with van der Waals surface area (Å²) >= 11 is 0. The normalized spacial score (nSPS) is 10.8. The molecule has 0 fully saturated rings. The van der Waals surface area contributed by atoms with E-state index >= 15 is 0 Å². The highest BCUT2D eigenvalue weighted by Gasteiger charge is 2.03. The van der Waals surface area contributed by atoms with Crippen LogP contribution in [-0.4, -0.2) is 25.7 Å². The lowest BCUT2D eigenvalue weighted by Gasteiger charge is -2.23. The van der Waals surface area contributed by atoms with E-state index in [-0.39, 0.29) is 6.10 Å². The Bertz CT molecular complexity index is 552. The quantitative estimate of drug-likeness (QED) is 0.706. The maximum atomic E-state index is 5.66. The Kier molecular flexibility index (Phi) is 6.95. The molecule has 0 amide bonds. The Balaban J connectivity index is 1.74. The molecule has 3 heteroatoms. The van der Waals surface area contributed by atoms with Crippen LogP contribution in [0.2, 0.25) is 0 Å². The molecule has 0 atom stereocenters. The molecule has 0 heterocycles. The Labute approximate surface area is 140 Å². The summed E-state index contributed by atoms with van der Waals surface area (Å²) < 4.78 is 5.66. The van der Waals surface area contributed by atoms with Crippen LogP contribution in [0.4, 0.5) is 5.69 Å². The van der Waals surface area contributed by atoms with Gasteiger partial charge in [-0.05, 0) is 50.6 Å². The highest BCUT2D eigenvalue weighted by Crippen LogP contribution is 2.14. The van der Waals surface area contributed by atoms with Crippen LogP contribution in [0.25, 0.3) is 0 Å². The summed E-state index contributed by atoms with van der Waals surface area (Å²) in [6.45, 7) is 10.2. The number of hydrogen-bond acceptors (Lipinski definition) is 3. The SMILES string of the molecule is CCN(CCNCc1ccc(OC(C)C)cc1)c1ccccc1. The standard InChI is InChI=1S/C20H28N2O/c1-4-22(19-8-6-5-7-9-19)15-14-21-16-18-10-12-20(13-11-18)23-17(2)3/h5-13,17,21H,4,14-16H2,1-3H3. The number of likely N-dealkylation sites (N-methyl/N-ethyl adjacent to an activating group) is 1. The van der Waals surface area contributed by atoms with Crippen LogP contribution >= 0.6 is 0 Å². The molecule has 0 bridgehead atoms. The summed E-state index contributed by atoms with van der Waals surface area (Å²) in [6.07, 6.45) is 0.219. The third-order valence-corrected chi connectivity index (χ3v) is 3.69. The van der Waals surface area contributed by atoms with E-state index in [0.29, 0.717) is 0 Å². The summed E-state index contributed by atoms with van der Waals surface area (Å²) in [5.41, 5.74) is 2.57. The van der Waals surface area contributed by atoms with Crippen molar-refractivity contribution in [3.8, 4) is 5.75 Å². The lowest BCUT2D eigenvalue weighted by Crippen LogP contribution is -2.31. The van der Waals surface area contributed by atoms with Gasteiger partial charge in [0, 0.05) is 31.9 Å². The number of ether oxygens (including phenoxy) is 1. The van der Waals surface area contributed by atoms with Crippen LogP contribution in [-0.2, 0) is 6.54 Å². The fourth-order valence-corrected chi connectivity index (χ4v) is 2.51. The van der Waals surface area contributed by atoms with E-state index in [9.17, 15) is 0 Å². The van der Waals surface area contributed by atoms with Gasteiger partial charge in [0.1, 0.15) is 5.75 Å². The van der Waals surface area contributed by atoms with Gasteiger partial charge in [-0.3, -0.25) is 0 Å². The number of para-hydroxylation sites is 1. The van der Waals surface area contributed by atoms with E-state index in [1.54, 1.807) is 0 Å². The van der Waals surface area contributed by atoms with Crippen LogP contribution in [0.5, 0.6) is 5.75 Å². The van der Waals surface area contributed by atoms with Crippen molar-refractivity contribution in [2.75, 3.05) is 24.5 Å². The van der Waals surface area contributed by atoms with Crippen molar-refractivity contribution in [3.63, 3.8) is 0 Å². The highest BCUT2D eigenvalue weighted by atomic mass is 16.5. The first-order chi connectivity index (χ1) is 11.2. The van der Waals surface area contributed by atoms with Gasteiger partial charge in [0.25, 0.3) is 0 Å². The minimum absolute atomic E-state index is 0.219. The van der Waals surface area contributed by atoms with Gasteiger partial charge in [-0.15, -0.1) is 0 Å². The van der Waals surface area contributed by atoms with E-state index in [1.807, 2.05) is 26.0 Å². The van der Waals surface area contributed by atoms with Crippen molar-refractivity contribution in [1.29, 1.82) is 0 Å². The summed E-state index contributed by atoms with van der Waals surface area (Å²) in [7, 11) is 0. The number of rotatable bonds is 9. The summed E-state index contributed by atoms with van der Waals surface area (Å²) in [5.74, 6) is 0.935. The zero-order valence-corrected chi connectivity index (χ0v) is 14.5. The van der Waals surface area contributed by atoms with Crippen molar-refractivity contribution in [3.05, 3.63) is 60.2 Å². The van der Waals surface area contributed by atoms with Gasteiger partial charge in [-0.25, -0.2) is 0 Å². The van der Waals surface area contributed by atoms with Crippen molar-refractivity contribution in [2.45, 2.75) is 33.4 Å². The van der Waals surface area contributed by atoms with Crippen LogP contribution < -0.4 is 15.0 Å². The number of benzene rings is 2. The second-order valence-electron chi connectivity index (χ2n) is 5.90. The molecular weight excluding hydrogens is 284 g/mol. The highest BCUT2D eigenvalue weighted by molar-refractivity contribution is 5.45. The maximum absolute atomic E-state index is 5.66. The fraction of sp³-hybridized carbons (Fsp3) is 0.400. The zero-order chi connectivity index (χ0) is 16.5. The average molecular weight is 312 g/mol. The van der Waals surface area contributed by atoms with Gasteiger partial charge in [-0.2, -0.15) is 0 Å². The van der Waals surface area contributed by atoms with Crippen molar-refractivity contribution in [1.82, 2.24) is 5.32 Å². The lowest BCUT2D eigenvalue weighted by atomic mass is 10.2. The second-order valence-corrected chi connectivity index (χ2v) is 5.90. The zero-order valence-electron chi connectivity index (χ0n) is 14.5. The third kappa shape index (κ3) is 5.95. The molecular formula is C20H28N2O. The Hall–Kier alpha value is -2.00. The fourth-order valence-electron chi connectivity index (χ4n) is 2.51. The Morgan fingerprint density at radius 3 is 2.30 bits per heavy atom. The monoisotopic (exact) mass is 312 g/mol. The minimum Gasteiger partial charge on any atom is -0.491 e. The van der Waals surface area contributed by atoms with Crippen molar-refractivity contribution in [2.24, 2.45) is 0 Å². The second kappa shape index (κ2) is 9.21. The summed E-state index contributed by atoms with van der Waals surface area (Å²) in [4.78, 5) is 2.38. The minimum atomic E-state index is 0.219. The summed E-state index contributed by atoms with van der Waals surface area (Å²) in [5, 5.41) is 3.51. The van der Waals surface area contributed by atoms with Crippen molar-refractivity contribution < 1.29 is 4.74 Å². The van der Waals surface area contributed by atoms with Gasteiger partial charge in [-0.1, -0.05) is 30.3 Å². The van der Waals surface area contributed by atoms with Crippen LogP contribution in [0, 0.1) is 0 Å². The van der Waals surface area contributed by atoms with Gasteiger partial charge in [0.15, 0.2) is 0 Å². The molecule has 2 aromatic carbocycles. The molecule has 124 valence electrons.